The third-order valence-electron chi connectivity index (χ3n) is 3.49. The van der Waals surface area contributed by atoms with Crippen molar-refractivity contribution in [2.75, 3.05) is 33.9 Å². The summed E-state index contributed by atoms with van der Waals surface area (Å²) in [6, 6.07) is -0.585. The van der Waals surface area contributed by atoms with Crippen molar-refractivity contribution in [3.8, 4) is 0 Å². The van der Waals surface area contributed by atoms with E-state index in [0.29, 0.717) is 13.0 Å². The molecule has 0 radical (unpaired) electrons. The number of aliphatic carboxylic acids is 1. The fourth-order valence-electron chi connectivity index (χ4n) is 2.40. The van der Waals surface area contributed by atoms with E-state index in [0.717, 1.165) is 0 Å². The molecule has 2 amide bonds. The average molecular weight is 274 g/mol. The largest absolute Gasteiger partial charge is 0.481 e. The molecule has 7 heteroatoms. The molecule has 0 saturated carbocycles. The van der Waals surface area contributed by atoms with Gasteiger partial charge < -0.3 is 24.7 Å². The smallest absolute Gasteiger partial charge is 0.320 e. The van der Waals surface area contributed by atoms with Crippen molar-refractivity contribution in [2.24, 2.45) is 5.92 Å². The molecule has 1 rings (SSSR count). The first-order valence-corrected chi connectivity index (χ1v) is 6.30. The summed E-state index contributed by atoms with van der Waals surface area (Å²) in [5.41, 5.74) is 0. The number of rotatable bonds is 5. The van der Waals surface area contributed by atoms with Crippen LogP contribution in [0.25, 0.3) is 0 Å². The van der Waals surface area contributed by atoms with E-state index in [4.69, 9.17) is 9.84 Å². The lowest BCUT2D eigenvalue weighted by atomic mass is 10.0. The molecule has 0 spiro atoms. The Kier molecular flexibility index (Phi) is 5.56. The van der Waals surface area contributed by atoms with Gasteiger partial charge in [-0.05, 0) is 13.3 Å². The van der Waals surface area contributed by atoms with Crippen LogP contribution in [0.5, 0.6) is 0 Å². The Morgan fingerprint density at radius 2 is 2.16 bits per heavy atom. The quantitative estimate of drug-likeness (QED) is 0.727. The minimum atomic E-state index is -0.870. The summed E-state index contributed by atoms with van der Waals surface area (Å²) < 4.78 is 4.80. The van der Waals surface area contributed by atoms with E-state index in [1.54, 1.807) is 14.0 Å². The van der Waals surface area contributed by atoms with Crippen molar-refractivity contribution >= 4 is 12.0 Å². The lowest BCUT2D eigenvalue weighted by Crippen LogP contribution is -2.47. The number of urea groups is 1. The van der Waals surface area contributed by atoms with Gasteiger partial charge in [-0.1, -0.05) is 0 Å². The number of aliphatic hydroxyl groups excluding tert-OH is 1. The number of carboxylic acid groups (broad SMARTS) is 1. The number of nitrogens with zero attached hydrogens (tertiary/aromatic N) is 2. The number of aliphatic hydroxyl groups is 1. The van der Waals surface area contributed by atoms with Crippen molar-refractivity contribution < 1.29 is 24.5 Å². The van der Waals surface area contributed by atoms with Crippen LogP contribution in [0, 0.1) is 5.92 Å². The van der Waals surface area contributed by atoms with Crippen LogP contribution in [0.15, 0.2) is 0 Å². The number of carbonyl (C=O) groups excluding carboxylic acids is 1. The molecule has 1 aliphatic heterocycles. The van der Waals surface area contributed by atoms with Crippen molar-refractivity contribution in [2.45, 2.75) is 25.5 Å². The van der Waals surface area contributed by atoms with Crippen LogP contribution >= 0.6 is 0 Å². The maximum Gasteiger partial charge on any atom is 0.320 e. The zero-order valence-corrected chi connectivity index (χ0v) is 11.6. The number of amides is 2. The fourth-order valence-corrected chi connectivity index (χ4v) is 2.40. The van der Waals surface area contributed by atoms with Crippen LogP contribution in [0.1, 0.15) is 13.3 Å². The molecule has 0 aromatic rings. The molecule has 0 aromatic carbocycles. The van der Waals surface area contributed by atoms with E-state index >= 15 is 0 Å². The molecule has 2 N–H and O–H groups in total. The van der Waals surface area contributed by atoms with Gasteiger partial charge in [0.15, 0.2) is 0 Å². The van der Waals surface area contributed by atoms with Crippen molar-refractivity contribution in [3.63, 3.8) is 0 Å². The number of likely N-dealkylation sites (N-methyl/N-ethyl adjacent to an activating group) is 1. The molecule has 19 heavy (non-hydrogen) atoms. The Morgan fingerprint density at radius 3 is 2.63 bits per heavy atom. The van der Waals surface area contributed by atoms with Gasteiger partial charge in [-0.2, -0.15) is 0 Å². The Balaban J connectivity index is 2.56. The highest BCUT2D eigenvalue weighted by molar-refractivity contribution is 5.78. The first kappa shape index (κ1) is 15.7. The number of hydrogen-bond acceptors (Lipinski definition) is 4. The van der Waals surface area contributed by atoms with E-state index in [1.807, 2.05) is 0 Å². The molecule has 3 atom stereocenters. The number of carbonyl (C=O) groups is 2. The van der Waals surface area contributed by atoms with E-state index in [-0.39, 0.29) is 25.2 Å². The molecular weight excluding hydrogens is 252 g/mol. The Bertz CT molecular complexity index is 336. The number of methoxy groups -OCH3 is 1. The van der Waals surface area contributed by atoms with Crippen LogP contribution in [0.3, 0.4) is 0 Å². The normalized spacial score (nSPS) is 24.3. The lowest BCUT2D eigenvalue weighted by molar-refractivity contribution is -0.142. The van der Waals surface area contributed by atoms with Gasteiger partial charge in [0.1, 0.15) is 0 Å². The standard InChI is InChI=1S/C12H22N2O5/c1-8-10(11(16)17)4-5-14(8)12(18)13(2)6-9(15)7-19-3/h8-10,15H,4-7H2,1-3H3,(H,16,17). The molecule has 110 valence electrons. The lowest BCUT2D eigenvalue weighted by Gasteiger charge is -2.29. The topological polar surface area (TPSA) is 90.3 Å². The number of likely N-dealkylation sites (tertiary alicyclic amines) is 1. The molecule has 1 saturated heterocycles. The predicted octanol–water partition coefficient (Wildman–Crippen LogP) is -0.159. The summed E-state index contributed by atoms with van der Waals surface area (Å²) in [4.78, 5) is 26.1. The van der Waals surface area contributed by atoms with Crippen LogP contribution < -0.4 is 0 Å². The van der Waals surface area contributed by atoms with Gasteiger partial charge in [0.2, 0.25) is 0 Å². The van der Waals surface area contributed by atoms with E-state index in [2.05, 4.69) is 0 Å². The van der Waals surface area contributed by atoms with E-state index < -0.39 is 18.0 Å². The van der Waals surface area contributed by atoms with Gasteiger partial charge in [0.05, 0.1) is 25.2 Å². The van der Waals surface area contributed by atoms with E-state index in [1.165, 1.54) is 16.9 Å². The fraction of sp³-hybridized carbons (Fsp3) is 0.833. The molecule has 1 aliphatic rings. The van der Waals surface area contributed by atoms with Crippen molar-refractivity contribution in [3.05, 3.63) is 0 Å². The van der Waals surface area contributed by atoms with Gasteiger partial charge in [-0.15, -0.1) is 0 Å². The second kappa shape index (κ2) is 6.72. The van der Waals surface area contributed by atoms with E-state index in [9.17, 15) is 14.7 Å². The predicted molar refractivity (Wildman–Crippen MR) is 67.8 cm³/mol. The maximum absolute atomic E-state index is 12.2. The summed E-state index contributed by atoms with van der Waals surface area (Å²) in [5, 5.41) is 18.6. The van der Waals surface area contributed by atoms with Gasteiger partial charge in [0.25, 0.3) is 0 Å². The summed E-state index contributed by atoms with van der Waals surface area (Å²) in [6.07, 6.45) is -0.274. The first-order valence-electron chi connectivity index (χ1n) is 6.30. The molecule has 1 fully saturated rings. The first-order chi connectivity index (χ1) is 8.88. The van der Waals surface area contributed by atoms with Crippen LogP contribution in [-0.2, 0) is 9.53 Å². The SMILES string of the molecule is COCC(O)CN(C)C(=O)N1CCC(C(=O)O)C1C. The number of hydrogen-bond donors (Lipinski definition) is 2. The highest BCUT2D eigenvalue weighted by Crippen LogP contribution is 2.25. The highest BCUT2D eigenvalue weighted by atomic mass is 16.5. The third kappa shape index (κ3) is 3.81. The van der Waals surface area contributed by atoms with Crippen LogP contribution in [0.4, 0.5) is 4.79 Å². The van der Waals surface area contributed by atoms with Crippen molar-refractivity contribution in [1.29, 1.82) is 0 Å². The minimum Gasteiger partial charge on any atom is -0.481 e. The molecule has 1 heterocycles. The summed E-state index contributed by atoms with van der Waals surface area (Å²) in [5.74, 6) is -1.38. The minimum absolute atomic E-state index is 0.158. The average Bonchev–Trinajstić information content (AvgIpc) is 2.70. The second-order valence-corrected chi connectivity index (χ2v) is 4.94. The monoisotopic (exact) mass is 274 g/mol. The second-order valence-electron chi connectivity index (χ2n) is 4.94. The highest BCUT2D eigenvalue weighted by Gasteiger charge is 2.39. The van der Waals surface area contributed by atoms with Crippen LogP contribution in [-0.4, -0.2) is 78.0 Å². The molecule has 7 nitrogen and oxygen atoms in total. The zero-order chi connectivity index (χ0) is 14.6. The van der Waals surface area contributed by atoms with Crippen LogP contribution in [0.2, 0.25) is 0 Å². The Hall–Kier alpha value is -1.34. The maximum atomic E-state index is 12.2. The summed E-state index contributed by atoms with van der Waals surface area (Å²) in [7, 11) is 3.06. The molecule has 3 unspecified atom stereocenters. The third-order valence-corrected chi connectivity index (χ3v) is 3.49. The summed E-state index contributed by atoms with van der Waals surface area (Å²) >= 11 is 0. The summed E-state index contributed by atoms with van der Waals surface area (Å²) in [6.45, 7) is 2.49. The van der Waals surface area contributed by atoms with Gasteiger partial charge in [0, 0.05) is 26.7 Å². The number of ether oxygens (including phenoxy) is 1. The molecule has 0 aliphatic carbocycles. The Morgan fingerprint density at radius 1 is 1.53 bits per heavy atom. The number of carboxylic acids is 1. The molecule has 0 bridgehead atoms. The molecule has 0 aromatic heterocycles. The van der Waals surface area contributed by atoms with Gasteiger partial charge in [-0.25, -0.2) is 4.79 Å². The molecular formula is C12H22N2O5. The van der Waals surface area contributed by atoms with Crippen molar-refractivity contribution in [1.82, 2.24) is 9.80 Å². The zero-order valence-electron chi connectivity index (χ0n) is 11.6. The van der Waals surface area contributed by atoms with Gasteiger partial charge in [-0.3, -0.25) is 4.79 Å². The Labute approximate surface area is 112 Å². The van der Waals surface area contributed by atoms with Gasteiger partial charge >= 0.3 is 12.0 Å².